The topological polar surface area (TPSA) is 3.24 Å². The van der Waals surface area contributed by atoms with Crippen LogP contribution >= 0.6 is 7.26 Å². The van der Waals surface area contributed by atoms with Crippen LogP contribution in [0, 0.1) is 0 Å². The van der Waals surface area contributed by atoms with Crippen molar-refractivity contribution in [2.45, 2.75) is 140 Å². The standard InChI is InChI=1S/C32H57NP/c1-3-33(30-22-14-11-15-23-30)28-20-9-7-5-4-6-8-10-21-29-34(2,31-24-16-12-17-25-31)32-26-18-13-19-27-32/h11,14-15,22-23,31-32H,3-10,12-13,16-21,24-29H2,1-2H3/q+1. The van der Waals surface area contributed by atoms with Gasteiger partial charge in [-0.1, -0.05) is 69.6 Å². The first-order valence-electron chi connectivity index (χ1n) is 15.4. The minimum absolute atomic E-state index is 0.731. The van der Waals surface area contributed by atoms with E-state index in [0.717, 1.165) is 17.9 Å². The number of unbranched alkanes of at least 4 members (excludes halogenated alkanes) is 8. The first-order chi connectivity index (χ1) is 16.7. The van der Waals surface area contributed by atoms with Crippen LogP contribution in [0.5, 0.6) is 0 Å². The van der Waals surface area contributed by atoms with E-state index in [-0.39, 0.29) is 0 Å². The van der Waals surface area contributed by atoms with Crippen LogP contribution in [0.15, 0.2) is 30.3 Å². The average Bonchev–Trinajstić information content (AvgIpc) is 2.91. The molecule has 194 valence electrons. The largest absolute Gasteiger partial charge is 0.372 e. The third-order valence-corrected chi connectivity index (χ3v) is 15.0. The molecule has 0 N–H and O–H groups in total. The molecule has 0 amide bonds. The Labute approximate surface area is 214 Å². The molecule has 0 atom stereocenters. The van der Waals surface area contributed by atoms with Gasteiger partial charge < -0.3 is 4.90 Å². The molecule has 2 fully saturated rings. The first-order valence-corrected chi connectivity index (χ1v) is 17.9. The summed E-state index contributed by atoms with van der Waals surface area (Å²) >= 11 is 0. The molecule has 0 spiro atoms. The van der Waals surface area contributed by atoms with Crippen LogP contribution in [0.25, 0.3) is 0 Å². The van der Waals surface area contributed by atoms with Gasteiger partial charge in [0.15, 0.2) is 0 Å². The molecule has 2 heteroatoms. The Hall–Kier alpha value is -0.550. The van der Waals surface area contributed by atoms with Crippen molar-refractivity contribution in [2.24, 2.45) is 0 Å². The highest BCUT2D eigenvalue weighted by atomic mass is 31.2. The third kappa shape index (κ3) is 9.15. The Kier molecular flexibility index (Phi) is 13.4. The number of anilines is 1. The van der Waals surface area contributed by atoms with Gasteiger partial charge in [-0.05, 0) is 89.7 Å². The van der Waals surface area contributed by atoms with Crippen LogP contribution in [0.2, 0.25) is 0 Å². The van der Waals surface area contributed by atoms with Crippen molar-refractivity contribution in [2.75, 3.05) is 30.8 Å². The predicted molar refractivity (Wildman–Crippen MR) is 157 cm³/mol. The molecular weight excluding hydrogens is 429 g/mol. The SMILES string of the molecule is CCN(CCCCCCCCCCC[P+](C)(C1CCCCC1)C1CCCCC1)c1ccccc1. The zero-order valence-electron chi connectivity index (χ0n) is 23.0. The quantitative estimate of drug-likeness (QED) is 0.166. The van der Waals surface area contributed by atoms with Crippen LogP contribution in [-0.4, -0.2) is 37.2 Å². The molecule has 34 heavy (non-hydrogen) atoms. The minimum Gasteiger partial charge on any atom is -0.372 e. The summed E-state index contributed by atoms with van der Waals surface area (Å²) < 4.78 is 0. The van der Waals surface area contributed by atoms with Gasteiger partial charge in [0.1, 0.15) is 0 Å². The van der Waals surface area contributed by atoms with Gasteiger partial charge in [0.25, 0.3) is 0 Å². The fourth-order valence-electron chi connectivity index (χ4n) is 7.11. The fraction of sp³-hybridized carbons (Fsp3) is 0.812. The summed E-state index contributed by atoms with van der Waals surface area (Å²) in [6, 6.07) is 10.9. The summed E-state index contributed by atoms with van der Waals surface area (Å²) in [6.07, 6.45) is 30.3. The predicted octanol–water partition coefficient (Wildman–Crippen LogP) is 10.3. The fourth-order valence-corrected chi connectivity index (χ4v) is 12.4. The maximum Gasteiger partial charge on any atom is 0.0697 e. The van der Waals surface area contributed by atoms with E-state index in [0.29, 0.717) is 0 Å². The Balaban J connectivity index is 1.23. The van der Waals surface area contributed by atoms with Gasteiger partial charge in [-0.3, -0.25) is 0 Å². The van der Waals surface area contributed by atoms with Crippen LogP contribution in [0.1, 0.15) is 129 Å². The van der Waals surface area contributed by atoms with Gasteiger partial charge in [-0.25, -0.2) is 0 Å². The second kappa shape index (κ2) is 16.2. The third-order valence-electron chi connectivity index (χ3n) is 9.39. The molecule has 0 bridgehead atoms. The normalized spacial score (nSPS) is 18.3. The number of rotatable bonds is 16. The molecule has 1 nitrogen and oxygen atoms in total. The van der Waals surface area contributed by atoms with Crippen LogP contribution in [0.3, 0.4) is 0 Å². The molecule has 3 rings (SSSR count). The number of hydrogen-bond acceptors (Lipinski definition) is 1. The van der Waals surface area contributed by atoms with E-state index < -0.39 is 7.26 Å². The van der Waals surface area contributed by atoms with Crippen LogP contribution < -0.4 is 4.90 Å². The smallest absolute Gasteiger partial charge is 0.0697 e. The highest BCUT2D eigenvalue weighted by molar-refractivity contribution is 7.76. The monoisotopic (exact) mass is 486 g/mol. The molecule has 1 aromatic carbocycles. The Morgan fingerprint density at radius 1 is 0.647 bits per heavy atom. The Morgan fingerprint density at radius 3 is 1.62 bits per heavy atom. The molecule has 2 saturated carbocycles. The molecule has 0 unspecified atom stereocenters. The summed E-state index contributed by atoms with van der Waals surface area (Å²) in [5.41, 5.74) is 3.68. The van der Waals surface area contributed by atoms with E-state index in [4.69, 9.17) is 0 Å². The van der Waals surface area contributed by atoms with Gasteiger partial charge >= 0.3 is 0 Å². The van der Waals surface area contributed by atoms with Gasteiger partial charge in [0.05, 0.1) is 17.5 Å². The van der Waals surface area contributed by atoms with Crippen molar-refractivity contribution in [1.29, 1.82) is 0 Å². The number of hydrogen-bond donors (Lipinski definition) is 0. The minimum atomic E-state index is -0.731. The lowest BCUT2D eigenvalue weighted by molar-refractivity contribution is 0.477. The summed E-state index contributed by atoms with van der Waals surface area (Å²) in [6.45, 7) is 7.45. The van der Waals surface area contributed by atoms with Crippen LogP contribution in [0.4, 0.5) is 5.69 Å². The summed E-state index contributed by atoms with van der Waals surface area (Å²) in [7, 11) is -0.731. The Bertz CT molecular complexity index is 599. The van der Waals surface area contributed by atoms with E-state index in [2.05, 4.69) is 48.8 Å². The number of para-hydroxylation sites is 1. The molecule has 1 aromatic rings. The number of benzene rings is 1. The van der Waals surface area contributed by atoms with Crippen molar-refractivity contribution in [3.63, 3.8) is 0 Å². The maximum atomic E-state index is 2.84. The second-order valence-corrected chi connectivity index (χ2v) is 16.4. The van der Waals surface area contributed by atoms with Crippen molar-refractivity contribution in [3.05, 3.63) is 30.3 Å². The molecule has 0 aliphatic heterocycles. The first kappa shape index (κ1) is 28.0. The molecule has 2 aliphatic rings. The van der Waals surface area contributed by atoms with Crippen molar-refractivity contribution in [3.8, 4) is 0 Å². The molecule has 2 aliphatic carbocycles. The lowest BCUT2D eigenvalue weighted by Crippen LogP contribution is -2.29. The lowest BCUT2D eigenvalue weighted by Gasteiger charge is -2.41. The van der Waals surface area contributed by atoms with E-state index in [9.17, 15) is 0 Å². The van der Waals surface area contributed by atoms with E-state index in [1.807, 2.05) is 0 Å². The highest BCUT2D eigenvalue weighted by Gasteiger charge is 2.47. The van der Waals surface area contributed by atoms with Crippen molar-refractivity contribution >= 4 is 12.9 Å². The van der Waals surface area contributed by atoms with E-state index >= 15 is 0 Å². The molecule has 0 saturated heterocycles. The zero-order valence-corrected chi connectivity index (χ0v) is 23.9. The van der Waals surface area contributed by atoms with Crippen molar-refractivity contribution < 1.29 is 0 Å². The lowest BCUT2D eigenvalue weighted by atomic mass is 9.99. The van der Waals surface area contributed by atoms with E-state index in [1.54, 1.807) is 38.3 Å². The maximum absolute atomic E-state index is 2.84. The molecule has 0 radical (unpaired) electrons. The summed E-state index contributed by atoms with van der Waals surface area (Å²) in [5.74, 6) is 0. The number of nitrogens with zero attached hydrogens (tertiary/aromatic N) is 1. The Morgan fingerprint density at radius 2 is 1.12 bits per heavy atom. The van der Waals surface area contributed by atoms with Gasteiger partial charge in [-0.15, -0.1) is 0 Å². The highest BCUT2D eigenvalue weighted by Crippen LogP contribution is 2.70. The summed E-state index contributed by atoms with van der Waals surface area (Å²) in [4.78, 5) is 2.52. The van der Waals surface area contributed by atoms with E-state index in [1.165, 1.54) is 102 Å². The van der Waals surface area contributed by atoms with Crippen molar-refractivity contribution in [1.82, 2.24) is 0 Å². The van der Waals surface area contributed by atoms with Gasteiger partial charge in [0, 0.05) is 32.7 Å². The van der Waals surface area contributed by atoms with Gasteiger partial charge in [0.2, 0.25) is 0 Å². The van der Waals surface area contributed by atoms with Gasteiger partial charge in [-0.2, -0.15) is 0 Å². The average molecular weight is 487 g/mol. The summed E-state index contributed by atoms with van der Waals surface area (Å²) in [5, 5.41) is 0. The second-order valence-electron chi connectivity index (χ2n) is 11.8. The molecule has 0 heterocycles. The van der Waals surface area contributed by atoms with Crippen LogP contribution in [-0.2, 0) is 0 Å². The molecular formula is C32H57NP+. The molecule has 0 aromatic heterocycles. The zero-order chi connectivity index (χ0) is 23.9.